The summed E-state index contributed by atoms with van der Waals surface area (Å²) in [6.45, 7) is 9.35. The summed E-state index contributed by atoms with van der Waals surface area (Å²) in [5, 5.41) is 2.50. The third kappa shape index (κ3) is 5.51. The van der Waals surface area contributed by atoms with Gasteiger partial charge in [-0.1, -0.05) is 55.1 Å². The van der Waals surface area contributed by atoms with E-state index >= 15 is 0 Å². The van der Waals surface area contributed by atoms with E-state index in [0.29, 0.717) is 25.6 Å². The zero-order chi connectivity index (χ0) is 27.4. The summed E-state index contributed by atoms with van der Waals surface area (Å²) in [4.78, 5) is 41.9. The molecule has 0 aliphatic carbocycles. The number of fused-ring (bicyclic) bond motifs is 4. The van der Waals surface area contributed by atoms with Crippen molar-refractivity contribution in [1.29, 1.82) is 0 Å². The molecule has 1 fully saturated rings. The van der Waals surface area contributed by atoms with Gasteiger partial charge in [-0.3, -0.25) is 14.4 Å². The Morgan fingerprint density at radius 3 is 2.66 bits per heavy atom. The Bertz CT molecular complexity index is 1400. The van der Waals surface area contributed by atoms with Gasteiger partial charge in [0.15, 0.2) is 11.4 Å². The number of pyridine rings is 1. The molecule has 198 valence electrons. The lowest BCUT2D eigenvalue weighted by molar-refractivity contribution is 0.0684. The van der Waals surface area contributed by atoms with E-state index in [2.05, 4.69) is 18.5 Å². The lowest BCUT2D eigenvalue weighted by Gasteiger charge is -2.35. The number of benzene rings is 1. The molecule has 2 aromatic rings. The second kappa shape index (κ2) is 11.4. The van der Waals surface area contributed by atoms with E-state index in [0.717, 1.165) is 30.6 Å². The van der Waals surface area contributed by atoms with E-state index in [4.69, 9.17) is 4.74 Å². The lowest BCUT2D eigenvalue weighted by Crippen LogP contribution is -2.45. The Morgan fingerprint density at radius 1 is 1.24 bits per heavy atom. The summed E-state index contributed by atoms with van der Waals surface area (Å²) in [7, 11) is 0. The Kier molecular flexibility index (Phi) is 8.05. The fourth-order valence-electron chi connectivity index (χ4n) is 4.59. The highest BCUT2D eigenvalue weighted by Crippen LogP contribution is 2.35. The van der Waals surface area contributed by atoms with Crippen LogP contribution in [0.5, 0.6) is 5.75 Å². The molecule has 9 heteroatoms. The summed E-state index contributed by atoms with van der Waals surface area (Å²) in [6.07, 6.45) is 4.62. The van der Waals surface area contributed by atoms with Crippen LogP contribution in [0, 0.1) is 0 Å². The second-order valence-electron chi connectivity index (χ2n) is 9.25. The van der Waals surface area contributed by atoms with Crippen LogP contribution in [0.1, 0.15) is 52.2 Å². The van der Waals surface area contributed by atoms with Gasteiger partial charge in [0.05, 0.1) is 11.9 Å². The number of ether oxygens (including phenoxy) is 1. The zero-order valence-electron chi connectivity index (χ0n) is 21.1. The predicted octanol–water partition coefficient (Wildman–Crippen LogP) is 4.79. The number of aromatic nitrogens is 1. The van der Waals surface area contributed by atoms with Crippen LogP contribution in [0.25, 0.3) is 0 Å². The number of allylic oxidation sites excluding steroid dienone is 3. The standard InChI is InChI=1S/C29H29F2N3O4/c1-4-21(23(31)13-19(3)30)14-32-28(36)22-15-34-24-16-33(12-8-9-18(24)2)29(37)25(34)27(26(22)35)38-17-20-10-6-5-7-11-20/h4-7,10-11,13,15,24H,1-2,8-9,12,14,16-17H2,3H3,(H,32,36)/b19-13+,23-21-. The molecule has 2 bridgehead atoms. The quantitative estimate of drug-likeness (QED) is 0.400. The smallest absolute Gasteiger partial charge is 0.274 e. The van der Waals surface area contributed by atoms with Gasteiger partial charge in [-0.15, -0.1) is 0 Å². The first-order valence-electron chi connectivity index (χ1n) is 12.3. The SMILES string of the molecule is C=C/C(CNC(=O)c1cn2c(c(OCc3ccccc3)c1=O)C(=O)N1CCCC(=C)C2C1)=C(F)\C=C(/C)F. The molecule has 1 aromatic heterocycles. The van der Waals surface area contributed by atoms with Crippen LogP contribution in [0.4, 0.5) is 8.78 Å². The second-order valence-corrected chi connectivity index (χ2v) is 9.25. The minimum Gasteiger partial charge on any atom is -0.483 e. The number of hydrogen-bond donors (Lipinski definition) is 1. The van der Waals surface area contributed by atoms with Gasteiger partial charge in [0.25, 0.3) is 11.8 Å². The van der Waals surface area contributed by atoms with Crippen molar-refractivity contribution in [3.63, 3.8) is 0 Å². The van der Waals surface area contributed by atoms with Crippen molar-refractivity contribution < 1.29 is 23.1 Å². The van der Waals surface area contributed by atoms with Crippen LogP contribution in [-0.2, 0) is 6.61 Å². The van der Waals surface area contributed by atoms with Crippen molar-refractivity contribution in [2.45, 2.75) is 32.4 Å². The van der Waals surface area contributed by atoms with Crippen molar-refractivity contribution in [2.75, 3.05) is 19.6 Å². The largest absolute Gasteiger partial charge is 0.483 e. The van der Waals surface area contributed by atoms with Gasteiger partial charge < -0.3 is 19.5 Å². The first-order chi connectivity index (χ1) is 18.2. The highest BCUT2D eigenvalue weighted by Gasteiger charge is 2.38. The average Bonchev–Trinajstić information content (AvgIpc) is 3.06. The van der Waals surface area contributed by atoms with E-state index in [1.165, 1.54) is 6.20 Å². The number of carbonyl (C=O) groups excluding carboxylic acids is 2. The molecular weight excluding hydrogens is 492 g/mol. The molecule has 1 saturated heterocycles. The molecule has 0 radical (unpaired) electrons. The van der Waals surface area contributed by atoms with E-state index in [-0.39, 0.29) is 47.7 Å². The number of nitrogens with one attached hydrogen (secondary N) is 1. The van der Waals surface area contributed by atoms with Crippen LogP contribution in [0.2, 0.25) is 0 Å². The van der Waals surface area contributed by atoms with E-state index < -0.39 is 23.0 Å². The van der Waals surface area contributed by atoms with Gasteiger partial charge in [0.2, 0.25) is 5.43 Å². The summed E-state index contributed by atoms with van der Waals surface area (Å²) in [5.41, 5.74) is 0.639. The Morgan fingerprint density at radius 2 is 1.97 bits per heavy atom. The maximum atomic E-state index is 14.3. The summed E-state index contributed by atoms with van der Waals surface area (Å²) >= 11 is 0. The molecule has 2 aliphatic rings. The molecule has 0 saturated carbocycles. The number of nitrogens with zero attached hydrogens (tertiary/aromatic N) is 2. The maximum absolute atomic E-state index is 14.3. The normalized spacial score (nSPS) is 17.8. The third-order valence-corrected chi connectivity index (χ3v) is 6.60. The fourth-order valence-corrected chi connectivity index (χ4v) is 4.59. The maximum Gasteiger partial charge on any atom is 0.274 e. The van der Waals surface area contributed by atoms with Crippen molar-refractivity contribution >= 4 is 11.8 Å². The van der Waals surface area contributed by atoms with Gasteiger partial charge >= 0.3 is 0 Å². The lowest BCUT2D eigenvalue weighted by atomic mass is 10.0. The van der Waals surface area contributed by atoms with Crippen LogP contribution < -0.4 is 15.5 Å². The van der Waals surface area contributed by atoms with Crippen molar-refractivity contribution in [2.24, 2.45) is 0 Å². The van der Waals surface area contributed by atoms with Gasteiger partial charge in [-0.2, -0.15) is 0 Å². The molecular formula is C29H29F2N3O4. The van der Waals surface area contributed by atoms with Gasteiger partial charge in [0, 0.05) is 37.5 Å². The van der Waals surface area contributed by atoms with Crippen molar-refractivity contribution in [1.82, 2.24) is 14.8 Å². The average molecular weight is 522 g/mol. The van der Waals surface area contributed by atoms with Gasteiger partial charge in [0.1, 0.15) is 18.0 Å². The topological polar surface area (TPSA) is 80.6 Å². The molecule has 1 aromatic carbocycles. The minimum absolute atomic E-state index is 0.0104. The van der Waals surface area contributed by atoms with E-state index in [1.807, 2.05) is 30.3 Å². The Labute approximate surface area is 219 Å². The van der Waals surface area contributed by atoms with Crippen LogP contribution in [-0.4, -0.2) is 40.9 Å². The molecule has 2 amide bonds. The van der Waals surface area contributed by atoms with Gasteiger partial charge in [-0.25, -0.2) is 8.78 Å². The monoisotopic (exact) mass is 521 g/mol. The van der Waals surface area contributed by atoms with Crippen molar-refractivity contribution in [3.8, 4) is 5.75 Å². The summed E-state index contributed by atoms with van der Waals surface area (Å²) in [6, 6.07) is 8.79. The molecule has 2 aliphatic heterocycles. The minimum atomic E-state index is -0.894. The highest BCUT2D eigenvalue weighted by atomic mass is 19.1. The molecule has 38 heavy (non-hydrogen) atoms. The molecule has 0 spiro atoms. The van der Waals surface area contributed by atoms with Crippen LogP contribution in [0.15, 0.2) is 89.4 Å². The number of hydrogen-bond acceptors (Lipinski definition) is 4. The molecule has 1 atom stereocenters. The Hall–Kier alpha value is -4.27. The molecule has 4 rings (SSSR count). The summed E-state index contributed by atoms with van der Waals surface area (Å²) in [5.74, 6) is -3.01. The number of rotatable bonds is 8. The Balaban J connectivity index is 1.76. The number of amides is 2. The zero-order valence-corrected chi connectivity index (χ0v) is 21.1. The molecule has 3 heterocycles. The first-order valence-corrected chi connectivity index (χ1v) is 12.3. The predicted molar refractivity (Wildman–Crippen MR) is 140 cm³/mol. The third-order valence-electron chi connectivity index (χ3n) is 6.60. The van der Waals surface area contributed by atoms with E-state index in [1.54, 1.807) is 9.47 Å². The number of halogens is 2. The van der Waals surface area contributed by atoms with E-state index in [9.17, 15) is 23.2 Å². The fraction of sp³-hybridized carbons (Fsp3) is 0.276. The van der Waals surface area contributed by atoms with Crippen LogP contribution >= 0.6 is 0 Å². The van der Waals surface area contributed by atoms with Crippen LogP contribution in [0.3, 0.4) is 0 Å². The van der Waals surface area contributed by atoms with Crippen molar-refractivity contribution in [3.05, 3.63) is 112 Å². The summed E-state index contributed by atoms with van der Waals surface area (Å²) < 4.78 is 34.9. The first kappa shape index (κ1) is 26.8. The van der Waals surface area contributed by atoms with Gasteiger partial charge in [-0.05, 0) is 25.3 Å². The number of carbonyl (C=O) groups is 2. The molecule has 7 nitrogen and oxygen atoms in total. The highest BCUT2D eigenvalue weighted by molar-refractivity contribution is 5.99. The molecule has 1 unspecified atom stereocenters. The molecule has 1 N–H and O–H groups in total.